The molecule has 0 radical (unpaired) electrons. The van der Waals surface area contributed by atoms with E-state index in [0.29, 0.717) is 17.6 Å². The van der Waals surface area contributed by atoms with Crippen molar-refractivity contribution in [2.24, 2.45) is 0 Å². The largest absolute Gasteiger partial charge is 0.309 e. The van der Waals surface area contributed by atoms with Gasteiger partial charge >= 0.3 is 0 Å². The summed E-state index contributed by atoms with van der Waals surface area (Å²) in [6.45, 7) is 15.0. The molecule has 1 aliphatic heterocycles. The maximum absolute atomic E-state index is 3.68. The molecule has 90 valence electrons. The number of piperidine rings is 1. The number of hydrogen-bond acceptors (Lipinski definition) is 2. The van der Waals surface area contributed by atoms with E-state index in [1.807, 2.05) is 0 Å². The first-order chi connectivity index (χ1) is 6.85. The standard InChI is InChI=1S/C13H28N2/c1-7-15(10(2)3)12-8-11(4)14-13(5,6)9-12/h10-12,14H,7-9H2,1-6H3. The lowest BCUT2D eigenvalue weighted by Crippen LogP contribution is -2.57. The smallest absolute Gasteiger partial charge is 0.0142 e. The molecular formula is C13H28N2. The third kappa shape index (κ3) is 3.46. The molecule has 1 N–H and O–H groups in total. The van der Waals surface area contributed by atoms with Gasteiger partial charge in [-0.3, -0.25) is 4.90 Å². The van der Waals surface area contributed by atoms with E-state index in [4.69, 9.17) is 0 Å². The zero-order valence-corrected chi connectivity index (χ0v) is 11.3. The van der Waals surface area contributed by atoms with E-state index >= 15 is 0 Å². The van der Waals surface area contributed by atoms with Crippen LogP contribution in [-0.4, -0.2) is 35.1 Å². The monoisotopic (exact) mass is 212 g/mol. The minimum absolute atomic E-state index is 0.296. The summed E-state index contributed by atoms with van der Waals surface area (Å²) < 4.78 is 0. The summed E-state index contributed by atoms with van der Waals surface area (Å²) in [6, 6.07) is 2.06. The Hall–Kier alpha value is -0.0800. The molecule has 1 heterocycles. The van der Waals surface area contributed by atoms with Gasteiger partial charge in [-0.1, -0.05) is 6.92 Å². The first-order valence-electron chi connectivity index (χ1n) is 6.39. The van der Waals surface area contributed by atoms with E-state index < -0.39 is 0 Å². The van der Waals surface area contributed by atoms with Crippen LogP contribution in [0.15, 0.2) is 0 Å². The highest BCUT2D eigenvalue weighted by atomic mass is 15.2. The molecule has 0 spiro atoms. The highest BCUT2D eigenvalue weighted by molar-refractivity contribution is 4.94. The Morgan fingerprint density at radius 3 is 2.40 bits per heavy atom. The van der Waals surface area contributed by atoms with Gasteiger partial charge < -0.3 is 5.32 Å². The van der Waals surface area contributed by atoms with Gasteiger partial charge in [-0.05, 0) is 54.0 Å². The Kier molecular flexibility index (Phi) is 4.19. The number of nitrogens with zero attached hydrogens (tertiary/aromatic N) is 1. The molecule has 0 amide bonds. The molecule has 2 nitrogen and oxygen atoms in total. The Balaban J connectivity index is 2.68. The highest BCUT2D eigenvalue weighted by Crippen LogP contribution is 2.26. The quantitative estimate of drug-likeness (QED) is 0.773. The van der Waals surface area contributed by atoms with Crippen LogP contribution < -0.4 is 5.32 Å². The van der Waals surface area contributed by atoms with Crippen molar-refractivity contribution in [3.05, 3.63) is 0 Å². The second-order valence-electron chi connectivity index (χ2n) is 5.95. The lowest BCUT2D eigenvalue weighted by molar-refractivity contribution is 0.0800. The van der Waals surface area contributed by atoms with E-state index in [1.165, 1.54) is 19.4 Å². The van der Waals surface area contributed by atoms with Crippen LogP contribution in [-0.2, 0) is 0 Å². The van der Waals surface area contributed by atoms with Crippen LogP contribution in [0.1, 0.15) is 54.4 Å². The van der Waals surface area contributed by atoms with Crippen molar-refractivity contribution >= 4 is 0 Å². The number of rotatable bonds is 3. The van der Waals surface area contributed by atoms with Crippen LogP contribution >= 0.6 is 0 Å². The Labute approximate surface area is 95.4 Å². The minimum atomic E-state index is 0.296. The Morgan fingerprint density at radius 1 is 1.40 bits per heavy atom. The average molecular weight is 212 g/mol. The van der Waals surface area contributed by atoms with E-state index in [0.717, 1.165) is 6.04 Å². The van der Waals surface area contributed by atoms with Gasteiger partial charge in [0.05, 0.1) is 0 Å². The summed E-state index contributed by atoms with van der Waals surface area (Å²) in [7, 11) is 0. The molecule has 0 aromatic heterocycles. The van der Waals surface area contributed by atoms with Crippen LogP contribution in [0.5, 0.6) is 0 Å². The topological polar surface area (TPSA) is 15.3 Å². The second-order valence-corrected chi connectivity index (χ2v) is 5.95. The van der Waals surface area contributed by atoms with Gasteiger partial charge in [0.25, 0.3) is 0 Å². The van der Waals surface area contributed by atoms with Crippen LogP contribution in [0, 0.1) is 0 Å². The third-order valence-corrected chi connectivity index (χ3v) is 3.51. The van der Waals surface area contributed by atoms with Gasteiger partial charge in [-0.2, -0.15) is 0 Å². The van der Waals surface area contributed by atoms with Crippen molar-refractivity contribution < 1.29 is 0 Å². The fourth-order valence-corrected chi connectivity index (χ4v) is 3.16. The fraction of sp³-hybridized carbons (Fsp3) is 1.00. The second kappa shape index (κ2) is 4.84. The molecular weight excluding hydrogens is 184 g/mol. The molecule has 1 rings (SSSR count). The number of hydrogen-bond donors (Lipinski definition) is 1. The first kappa shape index (κ1) is 13.0. The van der Waals surface area contributed by atoms with Crippen molar-refractivity contribution in [1.82, 2.24) is 10.2 Å². The fourth-order valence-electron chi connectivity index (χ4n) is 3.16. The van der Waals surface area contributed by atoms with Crippen molar-refractivity contribution in [2.75, 3.05) is 6.54 Å². The molecule has 0 bridgehead atoms. The molecule has 2 atom stereocenters. The van der Waals surface area contributed by atoms with Crippen LogP contribution in [0.25, 0.3) is 0 Å². The van der Waals surface area contributed by atoms with Gasteiger partial charge in [0.2, 0.25) is 0 Å². The molecule has 0 aliphatic carbocycles. The van der Waals surface area contributed by atoms with E-state index in [-0.39, 0.29) is 0 Å². The Morgan fingerprint density at radius 2 is 2.00 bits per heavy atom. The Bertz CT molecular complexity index is 199. The zero-order valence-electron chi connectivity index (χ0n) is 11.3. The summed E-state index contributed by atoms with van der Waals surface area (Å²) in [5, 5.41) is 3.68. The van der Waals surface area contributed by atoms with Gasteiger partial charge in [0, 0.05) is 23.7 Å². The summed E-state index contributed by atoms with van der Waals surface area (Å²) in [5.41, 5.74) is 0.296. The summed E-state index contributed by atoms with van der Waals surface area (Å²) in [6.07, 6.45) is 2.55. The number of nitrogens with one attached hydrogen (secondary N) is 1. The van der Waals surface area contributed by atoms with E-state index in [2.05, 4.69) is 51.8 Å². The molecule has 0 aromatic rings. The van der Waals surface area contributed by atoms with Crippen LogP contribution in [0.4, 0.5) is 0 Å². The summed E-state index contributed by atoms with van der Waals surface area (Å²) in [5.74, 6) is 0. The SMILES string of the molecule is CCN(C(C)C)C1CC(C)NC(C)(C)C1. The van der Waals surface area contributed by atoms with Gasteiger partial charge in [-0.25, -0.2) is 0 Å². The van der Waals surface area contributed by atoms with Crippen molar-refractivity contribution in [1.29, 1.82) is 0 Å². The predicted molar refractivity (Wildman–Crippen MR) is 67.2 cm³/mol. The van der Waals surface area contributed by atoms with Crippen molar-refractivity contribution in [3.8, 4) is 0 Å². The molecule has 1 aliphatic rings. The van der Waals surface area contributed by atoms with Crippen molar-refractivity contribution in [2.45, 2.75) is 78.0 Å². The lowest BCUT2D eigenvalue weighted by atomic mass is 9.84. The molecule has 15 heavy (non-hydrogen) atoms. The molecule has 1 saturated heterocycles. The van der Waals surface area contributed by atoms with E-state index in [9.17, 15) is 0 Å². The lowest BCUT2D eigenvalue weighted by Gasteiger charge is -2.46. The molecule has 2 heteroatoms. The third-order valence-electron chi connectivity index (χ3n) is 3.51. The maximum atomic E-state index is 3.68. The van der Waals surface area contributed by atoms with Crippen molar-refractivity contribution in [3.63, 3.8) is 0 Å². The predicted octanol–water partition coefficient (Wildman–Crippen LogP) is 2.64. The first-order valence-corrected chi connectivity index (χ1v) is 6.39. The van der Waals surface area contributed by atoms with Gasteiger partial charge in [0.1, 0.15) is 0 Å². The van der Waals surface area contributed by atoms with Gasteiger partial charge in [0.15, 0.2) is 0 Å². The molecule has 2 unspecified atom stereocenters. The maximum Gasteiger partial charge on any atom is 0.0142 e. The summed E-state index contributed by atoms with van der Waals surface area (Å²) in [4.78, 5) is 2.64. The zero-order chi connectivity index (χ0) is 11.6. The van der Waals surface area contributed by atoms with E-state index in [1.54, 1.807) is 0 Å². The van der Waals surface area contributed by atoms with Crippen LogP contribution in [0.2, 0.25) is 0 Å². The molecule has 0 saturated carbocycles. The summed E-state index contributed by atoms with van der Waals surface area (Å²) >= 11 is 0. The van der Waals surface area contributed by atoms with Crippen LogP contribution in [0.3, 0.4) is 0 Å². The molecule has 1 fully saturated rings. The highest BCUT2D eigenvalue weighted by Gasteiger charge is 2.34. The van der Waals surface area contributed by atoms with Gasteiger partial charge in [-0.15, -0.1) is 0 Å². The minimum Gasteiger partial charge on any atom is -0.309 e. The normalized spacial score (nSPS) is 31.2. The average Bonchev–Trinajstić information content (AvgIpc) is 1.99. The molecule has 0 aromatic carbocycles.